The third kappa shape index (κ3) is 4.71. The van der Waals surface area contributed by atoms with Gasteiger partial charge in [-0.1, -0.05) is 30.3 Å². The molecule has 0 bridgehead atoms. The summed E-state index contributed by atoms with van der Waals surface area (Å²) in [6, 6.07) is 11.1. The Morgan fingerprint density at radius 1 is 1.33 bits per heavy atom. The van der Waals surface area contributed by atoms with E-state index in [0.29, 0.717) is 31.7 Å². The minimum absolute atomic E-state index is 0.0308. The summed E-state index contributed by atoms with van der Waals surface area (Å²) in [6.45, 7) is 8.20. The number of carbonyl (C=O) groups is 1. The minimum Gasteiger partial charge on any atom is -0.444 e. The van der Waals surface area contributed by atoms with Gasteiger partial charge in [0.25, 0.3) is 0 Å². The molecule has 132 valence electrons. The highest BCUT2D eigenvalue weighted by molar-refractivity contribution is 5.68. The van der Waals surface area contributed by atoms with Gasteiger partial charge in [0.2, 0.25) is 0 Å². The lowest BCUT2D eigenvalue weighted by molar-refractivity contribution is -0.0411. The molecule has 0 spiro atoms. The zero-order valence-corrected chi connectivity index (χ0v) is 14.8. The summed E-state index contributed by atoms with van der Waals surface area (Å²) in [5, 5.41) is 3.58. The number of carbonyl (C=O) groups excluding carboxylic acids is 1. The third-order valence-electron chi connectivity index (χ3n) is 4.42. The Morgan fingerprint density at radius 3 is 2.79 bits per heavy atom. The first kappa shape index (κ1) is 17.2. The highest BCUT2D eigenvalue weighted by atomic mass is 16.6. The van der Waals surface area contributed by atoms with Crippen LogP contribution in [0.5, 0.6) is 0 Å². The fourth-order valence-electron chi connectivity index (χ4n) is 3.11. The van der Waals surface area contributed by atoms with Gasteiger partial charge in [0.15, 0.2) is 0 Å². The van der Waals surface area contributed by atoms with E-state index in [9.17, 15) is 4.79 Å². The maximum Gasteiger partial charge on any atom is 0.410 e. The number of nitrogens with one attached hydrogen (secondary N) is 1. The van der Waals surface area contributed by atoms with E-state index in [4.69, 9.17) is 9.47 Å². The molecule has 5 heteroatoms. The topological polar surface area (TPSA) is 50.8 Å². The van der Waals surface area contributed by atoms with Gasteiger partial charge < -0.3 is 19.7 Å². The first-order chi connectivity index (χ1) is 11.4. The number of hydrogen-bond donors (Lipinski definition) is 1. The summed E-state index contributed by atoms with van der Waals surface area (Å²) in [7, 11) is 0. The van der Waals surface area contributed by atoms with E-state index in [2.05, 4.69) is 35.6 Å². The van der Waals surface area contributed by atoms with Crippen molar-refractivity contribution in [1.82, 2.24) is 10.2 Å². The van der Waals surface area contributed by atoms with Gasteiger partial charge in [0.05, 0.1) is 19.3 Å². The van der Waals surface area contributed by atoms with Gasteiger partial charge in [-0.15, -0.1) is 0 Å². The lowest BCUT2D eigenvalue weighted by atomic mass is 10.1. The smallest absolute Gasteiger partial charge is 0.410 e. The zero-order chi connectivity index (χ0) is 17.2. The number of rotatable bonds is 4. The van der Waals surface area contributed by atoms with E-state index in [-0.39, 0.29) is 12.2 Å². The van der Waals surface area contributed by atoms with Crippen molar-refractivity contribution in [3.05, 3.63) is 35.9 Å². The molecule has 1 saturated carbocycles. The second kappa shape index (κ2) is 7.11. The maximum atomic E-state index is 12.2. The average Bonchev–Trinajstić information content (AvgIpc) is 3.32. The van der Waals surface area contributed by atoms with Crippen LogP contribution in [0.2, 0.25) is 0 Å². The number of hydrogen-bond acceptors (Lipinski definition) is 4. The fourth-order valence-corrected chi connectivity index (χ4v) is 3.11. The van der Waals surface area contributed by atoms with Crippen LogP contribution < -0.4 is 5.32 Å². The van der Waals surface area contributed by atoms with E-state index in [1.807, 2.05) is 20.8 Å². The Morgan fingerprint density at radius 2 is 2.08 bits per heavy atom. The Bertz CT molecular complexity index is 555. The average molecular weight is 332 g/mol. The molecule has 5 nitrogen and oxygen atoms in total. The summed E-state index contributed by atoms with van der Waals surface area (Å²) in [4.78, 5) is 13.9. The van der Waals surface area contributed by atoms with Gasteiger partial charge in [0, 0.05) is 25.0 Å². The predicted molar refractivity (Wildman–Crippen MR) is 93.1 cm³/mol. The van der Waals surface area contributed by atoms with Crippen LogP contribution in [0, 0.1) is 0 Å². The Hall–Kier alpha value is -1.59. The predicted octanol–water partition coefficient (Wildman–Crippen LogP) is 2.77. The van der Waals surface area contributed by atoms with Gasteiger partial charge in [-0.2, -0.15) is 0 Å². The van der Waals surface area contributed by atoms with Gasteiger partial charge in [-0.05, 0) is 32.8 Å². The quantitative estimate of drug-likeness (QED) is 0.921. The van der Waals surface area contributed by atoms with Gasteiger partial charge in [-0.3, -0.25) is 0 Å². The second-order valence-corrected chi connectivity index (χ2v) is 7.69. The van der Waals surface area contributed by atoms with Gasteiger partial charge in [0.1, 0.15) is 5.60 Å². The molecule has 0 aromatic heterocycles. The number of benzene rings is 1. The van der Waals surface area contributed by atoms with Crippen molar-refractivity contribution in [2.24, 2.45) is 0 Å². The van der Waals surface area contributed by atoms with E-state index in [1.165, 1.54) is 12.0 Å². The third-order valence-corrected chi connectivity index (χ3v) is 4.42. The number of morpholine rings is 1. The van der Waals surface area contributed by atoms with Crippen LogP contribution in [0.15, 0.2) is 30.3 Å². The van der Waals surface area contributed by atoms with Crippen LogP contribution in [0.25, 0.3) is 0 Å². The van der Waals surface area contributed by atoms with Crippen molar-refractivity contribution in [2.45, 2.75) is 50.9 Å². The fraction of sp³-hybridized carbons (Fsp3) is 0.632. The first-order valence-electron chi connectivity index (χ1n) is 8.80. The van der Waals surface area contributed by atoms with Crippen LogP contribution in [-0.4, -0.2) is 55.0 Å². The molecule has 3 rings (SSSR count). The van der Waals surface area contributed by atoms with Crippen LogP contribution in [-0.2, 0) is 9.47 Å². The second-order valence-electron chi connectivity index (χ2n) is 7.69. The largest absolute Gasteiger partial charge is 0.444 e. The van der Waals surface area contributed by atoms with Crippen molar-refractivity contribution >= 4 is 6.09 Å². The Labute approximate surface area is 144 Å². The Kier molecular flexibility index (Phi) is 5.11. The number of ether oxygens (including phenoxy) is 2. The summed E-state index contributed by atoms with van der Waals surface area (Å²) in [5.41, 5.74) is 0.940. The highest BCUT2D eigenvalue weighted by Crippen LogP contribution is 2.40. The van der Waals surface area contributed by atoms with E-state index in [1.54, 1.807) is 4.90 Å². The monoisotopic (exact) mass is 332 g/mol. The van der Waals surface area contributed by atoms with Crippen LogP contribution >= 0.6 is 0 Å². The minimum atomic E-state index is -0.458. The number of nitrogens with zero attached hydrogens (tertiary/aromatic N) is 1. The highest BCUT2D eigenvalue weighted by Gasteiger charge is 2.38. The van der Waals surface area contributed by atoms with Gasteiger partial charge >= 0.3 is 6.09 Å². The van der Waals surface area contributed by atoms with Crippen molar-refractivity contribution in [2.75, 3.05) is 26.2 Å². The molecule has 1 N–H and O–H groups in total. The summed E-state index contributed by atoms with van der Waals surface area (Å²) in [5.74, 6) is 0.608. The molecule has 0 radical (unpaired) electrons. The van der Waals surface area contributed by atoms with E-state index in [0.717, 1.165) is 6.54 Å². The zero-order valence-electron chi connectivity index (χ0n) is 14.8. The van der Waals surface area contributed by atoms with Crippen LogP contribution in [0.4, 0.5) is 4.79 Å². The van der Waals surface area contributed by atoms with Crippen LogP contribution in [0.3, 0.4) is 0 Å². The molecule has 1 aliphatic heterocycles. The van der Waals surface area contributed by atoms with E-state index < -0.39 is 5.60 Å². The van der Waals surface area contributed by atoms with Crippen molar-refractivity contribution < 1.29 is 14.3 Å². The molecular weight excluding hydrogens is 304 g/mol. The van der Waals surface area contributed by atoms with Crippen molar-refractivity contribution in [1.29, 1.82) is 0 Å². The molecule has 1 aromatic carbocycles. The van der Waals surface area contributed by atoms with Gasteiger partial charge in [-0.25, -0.2) is 4.79 Å². The molecule has 1 heterocycles. The first-order valence-corrected chi connectivity index (χ1v) is 8.80. The van der Waals surface area contributed by atoms with E-state index >= 15 is 0 Å². The van der Waals surface area contributed by atoms with Crippen LogP contribution in [0.1, 0.15) is 38.7 Å². The standard InChI is InChI=1S/C19H28N2O3/c1-19(2,3)24-18(22)21-9-10-23-15(13-21)12-20-17-11-16(17)14-7-5-4-6-8-14/h4-8,15-17,20H,9-13H2,1-3H3. The molecule has 2 aliphatic rings. The lowest BCUT2D eigenvalue weighted by Gasteiger charge is -2.34. The number of amides is 1. The molecule has 1 aromatic rings. The molecule has 3 atom stereocenters. The molecule has 24 heavy (non-hydrogen) atoms. The SMILES string of the molecule is CC(C)(C)OC(=O)N1CCOC(CNC2CC2c2ccccc2)C1. The molecule has 2 fully saturated rings. The lowest BCUT2D eigenvalue weighted by Crippen LogP contribution is -2.50. The van der Waals surface area contributed by atoms with Crippen molar-refractivity contribution in [3.8, 4) is 0 Å². The molecular formula is C19H28N2O3. The normalized spacial score (nSPS) is 27.0. The maximum absolute atomic E-state index is 12.2. The summed E-state index contributed by atoms with van der Waals surface area (Å²) in [6.07, 6.45) is 0.958. The summed E-state index contributed by atoms with van der Waals surface area (Å²) < 4.78 is 11.2. The molecule has 1 amide bonds. The molecule has 1 saturated heterocycles. The molecule has 1 aliphatic carbocycles. The summed E-state index contributed by atoms with van der Waals surface area (Å²) >= 11 is 0. The molecule has 3 unspecified atom stereocenters. The van der Waals surface area contributed by atoms with Crippen molar-refractivity contribution in [3.63, 3.8) is 0 Å². The Balaban J connectivity index is 1.43.